The molecule has 0 aliphatic carbocycles. The third-order valence-electron chi connectivity index (χ3n) is 14.1. The summed E-state index contributed by atoms with van der Waals surface area (Å²) < 4.78 is 14.3. The zero-order valence-electron chi connectivity index (χ0n) is 36.6. The van der Waals surface area contributed by atoms with E-state index in [1.165, 1.54) is 43.6 Å². The number of para-hydroxylation sites is 11. The van der Waals surface area contributed by atoms with Crippen molar-refractivity contribution in [3.05, 3.63) is 237 Å². The minimum Gasteiger partial charge on any atom is -0.309 e. The van der Waals surface area contributed by atoms with Crippen LogP contribution in [0.15, 0.2) is 237 Å². The highest BCUT2D eigenvalue weighted by Gasteiger charge is 2.21. The van der Waals surface area contributed by atoms with Gasteiger partial charge in [-0.1, -0.05) is 115 Å². The third-order valence-corrected chi connectivity index (χ3v) is 14.1. The fraction of sp³-hybridized carbons (Fsp3) is 0. The van der Waals surface area contributed by atoms with Gasteiger partial charge >= 0.3 is 0 Å². The van der Waals surface area contributed by atoms with Gasteiger partial charge < -0.3 is 18.3 Å². The number of benzene rings is 10. The van der Waals surface area contributed by atoms with Crippen molar-refractivity contribution in [2.45, 2.75) is 0 Å². The molecule has 0 saturated carbocycles. The zero-order valence-corrected chi connectivity index (χ0v) is 36.6. The van der Waals surface area contributed by atoms with Gasteiger partial charge in [-0.25, -0.2) is 4.98 Å². The standard InChI is InChI=1S/C61H39N7/c1-6-21-49-44(16-1)45-17-2-7-22-50(45)63(49)40-32-36-42(37-33-40)65-54-26-11-12-27-55(54)66(43-38-34-41(35-39-43)64-51-23-8-3-18-46(51)47-19-4-9-24-52(47)64)58-30-15-31-59-60(58)68(57-29-14-13-28-56(57)65)61-62-48-20-5-10-25-53(48)67(59)61/h1-39H. The summed E-state index contributed by atoms with van der Waals surface area (Å²) in [5.41, 5.74) is 18.4. The lowest BCUT2D eigenvalue weighted by molar-refractivity contribution is 1.11. The van der Waals surface area contributed by atoms with Crippen LogP contribution in [0.5, 0.6) is 0 Å². The predicted molar refractivity (Wildman–Crippen MR) is 281 cm³/mol. The second-order valence-corrected chi connectivity index (χ2v) is 17.6. The summed E-state index contributed by atoms with van der Waals surface area (Å²) in [4.78, 5) is 5.41. The second-order valence-electron chi connectivity index (χ2n) is 17.6. The average Bonchev–Trinajstić information content (AvgIpc) is 4.14. The van der Waals surface area contributed by atoms with E-state index in [1.807, 2.05) is 0 Å². The first kappa shape index (κ1) is 36.9. The molecule has 0 unspecified atom stereocenters. The SMILES string of the molecule is c1ccc2c(c1)nc1n2c2cccc3c2n1c1ccccc1n(-c1ccc(-n2c4ccccc4c4ccccc42)cc1)c1ccccc1n3-c1ccc(-n2c3ccccc3c3ccccc32)cc1. The van der Waals surface area contributed by atoms with Gasteiger partial charge in [-0.15, -0.1) is 0 Å². The highest BCUT2D eigenvalue weighted by molar-refractivity contribution is 6.10. The van der Waals surface area contributed by atoms with Gasteiger partial charge in [-0.2, -0.15) is 0 Å². The van der Waals surface area contributed by atoms with Crippen LogP contribution in [-0.4, -0.2) is 32.1 Å². The summed E-state index contributed by atoms with van der Waals surface area (Å²) >= 11 is 0. The van der Waals surface area contributed by atoms with Crippen LogP contribution >= 0.6 is 0 Å². The number of hydrogen-bond donors (Lipinski definition) is 0. The lowest BCUT2D eigenvalue weighted by Crippen LogP contribution is -2.03. The Morgan fingerprint density at radius 1 is 0.221 bits per heavy atom. The van der Waals surface area contributed by atoms with E-state index in [9.17, 15) is 0 Å². The molecule has 7 heteroatoms. The molecule has 0 fully saturated rings. The Hall–Kier alpha value is -9.33. The van der Waals surface area contributed by atoms with Gasteiger partial charge in [-0.05, 0) is 121 Å². The maximum atomic E-state index is 5.41. The summed E-state index contributed by atoms with van der Waals surface area (Å²) in [6, 6.07) is 85.7. The quantitative estimate of drug-likeness (QED) is 0.174. The largest absolute Gasteiger partial charge is 0.309 e. The van der Waals surface area contributed by atoms with E-state index >= 15 is 0 Å². The summed E-state index contributed by atoms with van der Waals surface area (Å²) in [5.74, 6) is 0.857. The number of fused-ring (bicyclic) bond motifs is 14. The summed E-state index contributed by atoms with van der Waals surface area (Å²) in [6.45, 7) is 0. The Morgan fingerprint density at radius 2 is 0.529 bits per heavy atom. The molecule has 0 N–H and O–H groups in total. The van der Waals surface area contributed by atoms with E-state index in [2.05, 4.69) is 264 Å². The van der Waals surface area contributed by atoms with E-state index in [4.69, 9.17) is 4.98 Å². The number of nitrogens with zero attached hydrogens (tertiary/aromatic N) is 7. The molecule has 7 nitrogen and oxygen atoms in total. The Kier molecular flexibility index (Phi) is 7.65. The predicted octanol–water partition coefficient (Wildman–Crippen LogP) is 15.1. The van der Waals surface area contributed by atoms with Crippen LogP contribution in [0.4, 0.5) is 0 Å². The lowest BCUT2D eigenvalue weighted by Gasteiger charge is -2.17. The van der Waals surface area contributed by atoms with Crippen molar-refractivity contribution < 1.29 is 0 Å². The molecule has 0 spiro atoms. The third kappa shape index (κ3) is 5.09. The first-order valence-electron chi connectivity index (χ1n) is 23.2. The Labute approximate surface area is 388 Å². The van der Waals surface area contributed by atoms with Crippen LogP contribution in [0.2, 0.25) is 0 Å². The van der Waals surface area contributed by atoms with Gasteiger partial charge in [0.05, 0.1) is 71.7 Å². The molecular formula is C61H39N7. The molecule has 0 aliphatic heterocycles. The molecule has 0 bridgehead atoms. The molecule has 15 aromatic rings. The Balaban J connectivity index is 1.07. The van der Waals surface area contributed by atoms with Gasteiger partial charge in [0.15, 0.2) is 0 Å². The van der Waals surface area contributed by atoms with Crippen molar-refractivity contribution in [2.75, 3.05) is 0 Å². The molecular weight excluding hydrogens is 831 g/mol. The fourth-order valence-electron chi connectivity index (χ4n) is 11.2. The van der Waals surface area contributed by atoms with E-state index in [0.717, 1.165) is 78.2 Å². The van der Waals surface area contributed by atoms with Crippen molar-refractivity contribution in [1.82, 2.24) is 32.1 Å². The topological polar surface area (TPSA) is 41.4 Å². The highest BCUT2D eigenvalue weighted by Crippen LogP contribution is 2.38. The minimum absolute atomic E-state index is 0.857. The van der Waals surface area contributed by atoms with Gasteiger partial charge in [0.2, 0.25) is 5.78 Å². The average molecular weight is 870 g/mol. The molecule has 68 heavy (non-hydrogen) atoms. The summed E-state index contributed by atoms with van der Waals surface area (Å²) in [7, 11) is 0. The first-order valence-corrected chi connectivity index (χ1v) is 23.2. The van der Waals surface area contributed by atoms with Crippen molar-refractivity contribution in [1.29, 1.82) is 0 Å². The minimum atomic E-state index is 0.857. The van der Waals surface area contributed by atoms with Gasteiger partial charge in [0.25, 0.3) is 0 Å². The van der Waals surface area contributed by atoms with Crippen LogP contribution in [0.1, 0.15) is 0 Å². The zero-order chi connectivity index (χ0) is 44.5. The smallest absolute Gasteiger partial charge is 0.220 e. The Morgan fingerprint density at radius 3 is 0.985 bits per heavy atom. The van der Waals surface area contributed by atoms with E-state index in [-0.39, 0.29) is 0 Å². The molecule has 10 aromatic carbocycles. The monoisotopic (exact) mass is 869 g/mol. The maximum absolute atomic E-state index is 5.41. The van der Waals surface area contributed by atoms with E-state index < -0.39 is 0 Å². The summed E-state index contributed by atoms with van der Waals surface area (Å²) in [5, 5.41) is 4.98. The molecule has 0 radical (unpaired) electrons. The molecule has 15 rings (SSSR count). The number of rotatable bonds is 4. The molecule has 0 saturated heterocycles. The number of aromatic nitrogens is 7. The fourth-order valence-corrected chi connectivity index (χ4v) is 11.2. The maximum Gasteiger partial charge on any atom is 0.220 e. The van der Waals surface area contributed by atoms with Crippen LogP contribution in [0, 0.1) is 0 Å². The first-order chi connectivity index (χ1) is 33.8. The van der Waals surface area contributed by atoms with Gasteiger partial charge in [0, 0.05) is 44.3 Å². The highest BCUT2D eigenvalue weighted by atomic mass is 15.2. The summed E-state index contributed by atoms with van der Waals surface area (Å²) in [6.07, 6.45) is 0. The van der Waals surface area contributed by atoms with E-state index in [0.29, 0.717) is 0 Å². The van der Waals surface area contributed by atoms with Crippen molar-refractivity contribution in [2.24, 2.45) is 0 Å². The van der Waals surface area contributed by atoms with Crippen molar-refractivity contribution in [3.63, 3.8) is 0 Å². The van der Waals surface area contributed by atoms with Crippen molar-refractivity contribution in [3.8, 4) is 22.7 Å². The van der Waals surface area contributed by atoms with Gasteiger partial charge in [-0.3, -0.25) is 8.80 Å². The molecule has 5 aromatic heterocycles. The van der Waals surface area contributed by atoms with Gasteiger partial charge in [0.1, 0.15) is 0 Å². The molecule has 5 heterocycles. The normalized spacial score (nSPS) is 12.1. The van der Waals surface area contributed by atoms with Crippen LogP contribution in [0.25, 0.3) is 122 Å². The number of imidazole rings is 2. The van der Waals surface area contributed by atoms with Crippen molar-refractivity contribution >= 4 is 99.0 Å². The Bertz CT molecular complexity index is 4500. The lowest BCUT2D eigenvalue weighted by atomic mass is 10.2. The van der Waals surface area contributed by atoms with Crippen LogP contribution in [-0.2, 0) is 0 Å². The van der Waals surface area contributed by atoms with E-state index in [1.54, 1.807) is 0 Å². The number of hydrogen-bond acceptors (Lipinski definition) is 1. The van der Waals surface area contributed by atoms with Crippen LogP contribution in [0.3, 0.4) is 0 Å². The second kappa shape index (κ2) is 14.1. The molecule has 0 aliphatic rings. The molecule has 0 atom stereocenters. The molecule has 0 amide bonds. The molecule has 318 valence electrons. The van der Waals surface area contributed by atoms with Crippen LogP contribution < -0.4 is 0 Å².